The zero-order valence-corrected chi connectivity index (χ0v) is 12.1. The zero-order valence-electron chi connectivity index (χ0n) is 12.1. The maximum Gasteiger partial charge on any atom is 0.160 e. The predicted molar refractivity (Wildman–Crippen MR) is 75.7 cm³/mol. The van der Waals surface area contributed by atoms with Crippen LogP contribution in [0.3, 0.4) is 0 Å². The van der Waals surface area contributed by atoms with E-state index in [2.05, 4.69) is 24.3 Å². The summed E-state index contributed by atoms with van der Waals surface area (Å²) in [5, 5.41) is 0. The Hall–Kier alpha value is -1.20. The number of hydrogen-bond acceptors (Lipinski definition) is 5. The first-order valence-corrected chi connectivity index (χ1v) is 7.06. The summed E-state index contributed by atoms with van der Waals surface area (Å²) in [6, 6.07) is 0. The molecule has 0 fully saturated rings. The molecule has 0 spiro atoms. The first-order valence-electron chi connectivity index (χ1n) is 7.06. The van der Waals surface area contributed by atoms with Gasteiger partial charge in [0.25, 0.3) is 0 Å². The molecule has 1 atom stereocenters. The lowest BCUT2D eigenvalue weighted by Crippen LogP contribution is -2.19. The molecular weight excluding hydrogens is 240 g/mol. The van der Waals surface area contributed by atoms with Crippen LogP contribution in [-0.4, -0.2) is 17.1 Å². The molecule has 1 aliphatic rings. The van der Waals surface area contributed by atoms with Crippen LogP contribution in [0.1, 0.15) is 56.3 Å². The molecule has 1 aliphatic carbocycles. The standard InChI is InChI=1S/C14H24N4O/c1-9(2)12(19-3)14-16-11-8-6-4-5-7-10(11)13(17-14)18-15/h9,12H,4-8,15H2,1-3H3,(H,16,17,18). The SMILES string of the molecule is COC(c1nc2c(c(NN)n1)CCCCC2)C(C)C. The summed E-state index contributed by atoms with van der Waals surface area (Å²) in [6.45, 7) is 4.22. The molecule has 0 aromatic carbocycles. The molecule has 0 saturated heterocycles. The van der Waals surface area contributed by atoms with E-state index in [0.29, 0.717) is 5.92 Å². The third-order valence-corrected chi connectivity index (χ3v) is 3.70. The third-order valence-electron chi connectivity index (χ3n) is 3.70. The zero-order chi connectivity index (χ0) is 13.8. The van der Waals surface area contributed by atoms with Gasteiger partial charge >= 0.3 is 0 Å². The molecule has 0 aliphatic heterocycles. The van der Waals surface area contributed by atoms with Crippen molar-refractivity contribution in [1.29, 1.82) is 0 Å². The number of hydrazine groups is 1. The topological polar surface area (TPSA) is 73.1 Å². The van der Waals surface area contributed by atoms with Crippen LogP contribution in [0.15, 0.2) is 0 Å². The fraction of sp³-hybridized carbons (Fsp3) is 0.714. The second kappa shape index (κ2) is 6.30. The summed E-state index contributed by atoms with van der Waals surface area (Å²) < 4.78 is 5.53. The highest BCUT2D eigenvalue weighted by Crippen LogP contribution is 2.29. The summed E-state index contributed by atoms with van der Waals surface area (Å²) >= 11 is 0. The summed E-state index contributed by atoms with van der Waals surface area (Å²) in [5.74, 6) is 7.47. The fourth-order valence-electron chi connectivity index (χ4n) is 2.71. The first-order chi connectivity index (χ1) is 9.17. The van der Waals surface area contributed by atoms with Crippen molar-refractivity contribution in [2.75, 3.05) is 12.5 Å². The predicted octanol–water partition coefficient (Wildman–Crippen LogP) is 2.37. The molecule has 0 saturated carbocycles. The number of fused-ring (bicyclic) bond motifs is 1. The molecule has 5 nitrogen and oxygen atoms in total. The van der Waals surface area contributed by atoms with Crippen LogP contribution in [0.5, 0.6) is 0 Å². The van der Waals surface area contributed by atoms with Gasteiger partial charge in [0.1, 0.15) is 11.9 Å². The number of nitrogens with one attached hydrogen (secondary N) is 1. The number of hydrogen-bond donors (Lipinski definition) is 2. The largest absolute Gasteiger partial charge is 0.373 e. The van der Waals surface area contributed by atoms with Gasteiger partial charge in [0.2, 0.25) is 0 Å². The van der Waals surface area contributed by atoms with Gasteiger partial charge in [-0.2, -0.15) is 0 Å². The van der Waals surface area contributed by atoms with E-state index in [1.165, 1.54) is 24.8 Å². The highest BCUT2D eigenvalue weighted by atomic mass is 16.5. The van der Waals surface area contributed by atoms with E-state index in [4.69, 9.17) is 15.6 Å². The van der Waals surface area contributed by atoms with Gasteiger partial charge in [-0.05, 0) is 31.6 Å². The Kier molecular flexibility index (Phi) is 4.71. The van der Waals surface area contributed by atoms with Crippen LogP contribution in [0.4, 0.5) is 5.82 Å². The minimum Gasteiger partial charge on any atom is -0.373 e. The Bertz CT molecular complexity index is 434. The number of nitrogens with two attached hydrogens (primary N) is 1. The lowest BCUT2D eigenvalue weighted by atomic mass is 10.0. The molecule has 2 rings (SSSR count). The average molecular weight is 264 g/mol. The number of aromatic nitrogens is 2. The van der Waals surface area contributed by atoms with Gasteiger partial charge in [0.15, 0.2) is 5.82 Å². The summed E-state index contributed by atoms with van der Waals surface area (Å²) in [5.41, 5.74) is 5.05. The molecule has 0 radical (unpaired) electrons. The maximum atomic E-state index is 5.63. The number of rotatable bonds is 4. The number of nitrogens with zero attached hydrogens (tertiary/aromatic N) is 2. The summed E-state index contributed by atoms with van der Waals surface area (Å²) in [4.78, 5) is 9.31. The Labute approximate surface area is 114 Å². The van der Waals surface area contributed by atoms with E-state index in [0.717, 1.165) is 30.2 Å². The molecule has 1 aromatic rings. The molecule has 1 heterocycles. The fourth-order valence-corrected chi connectivity index (χ4v) is 2.71. The van der Waals surface area contributed by atoms with Crippen molar-refractivity contribution in [2.45, 2.75) is 52.1 Å². The highest BCUT2D eigenvalue weighted by molar-refractivity contribution is 5.46. The first kappa shape index (κ1) is 14.2. The van der Waals surface area contributed by atoms with Gasteiger partial charge in [-0.3, -0.25) is 0 Å². The molecule has 3 N–H and O–H groups in total. The van der Waals surface area contributed by atoms with Crippen LogP contribution >= 0.6 is 0 Å². The lowest BCUT2D eigenvalue weighted by Gasteiger charge is -2.20. The second-order valence-corrected chi connectivity index (χ2v) is 5.46. The molecular formula is C14H24N4O. The Morgan fingerprint density at radius 2 is 1.89 bits per heavy atom. The van der Waals surface area contributed by atoms with Crippen molar-refractivity contribution in [3.63, 3.8) is 0 Å². The van der Waals surface area contributed by atoms with Crippen molar-refractivity contribution in [2.24, 2.45) is 11.8 Å². The molecule has 19 heavy (non-hydrogen) atoms. The van der Waals surface area contributed by atoms with Crippen LogP contribution in [0, 0.1) is 5.92 Å². The Morgan fingerprint density at radius 1 is 1.16 bits per heavy atom. The van der Waals surface area contributed by atoms with Gasteiger partial charge in [-0.25, -0.2) is 15.8 Å². The number of anilines is 1. The van der Waals surface area contributed by atoms with E-state index in [-0.39, 0.29) is 6.10 Å². The smallest absolute Gasteiger partial charge is 0.160 e. The maximum absolute atomic E-state index is 5.63. The molecule has 0 bridgehead atoms. The summed E-state index contributed by atoms with van der Waals surface area (Å²) in [6.07, 6.45) is 5.55. The van der Waals surface area contributed by atoms with E-state index in [9.17, 15) is 0 Å². The number of aryl methyl sites for hydroxylation is 1. The minimum absolute atomic E-state index is 0.0827. The molecule has 1 aromatic heterocycles. The van der Waals surface area contributed by atoms with Gasteiger partial charge in [0, 0.05) is 18.4 Å². The van der Waals surface area contributed by atoms with E-state index < -0.39 is 0 Å². The number of methoxy groups -OCH3 is 1. The molecule has 5 heteroatoms. The third kappa shape index (κ3) is 3.04. The van der Waals surface area contributed by atoms with Crippen molar-refractivity contribution >= 4 is 5.82 Å². The highest BCUT2D eigenvalue weighted by Gasteiger charge is 2.23. The summed E-state index contributed by atoms with van der Waals surface area (Å²) in [7, 11) is 1.70. The quantitative estimate of drug-likeness (QED) is 0.496. The van der Waals surface area contributed by atoms with Gasteiger partial charge in [-0.1, -0.05) is 20.3 Å². The van der Waals surface area contributed by atoms with Crippen LogP contribution in [0.25, 0.3) is 0 Å². The molecule has 1 unspecified atom stereocenters. The van der Waals surface area contributed by atoms with Crippen LogP contribution in [-0.2, 0) is 17.6 Å². The lowest BCUT2D eigenvalue weighted by molar-refractivity contribution is 0.0573. The Morgan fingerprint density at radius 3 is 2.53 bits per heavy atom. The van der Waals surface area contributed by atoms with Crippen molar-refractivity contribution in [3.05, 3.63) is 17.1 Å². The normalized spacial score (nSPS) is 16.9. The van der Waals surface area contributed by atoms with Gasteiger partial charge in [-0.15, -0.1) is 0 Å². The average Bonchev–Trinajstić information content (AvgIpc) is 2.63. The number of ether oxygens (including phenoxy) is 1. The monoisotopic (exact) mass is 264 g/mol. The van der Waals surface area contributed by atoms with E-state index >= 15 is 0 Å². The van der Waals surface area contributed by atoms with Crippen molar-refractivity contribution < 1.29 is 4.74 Å². The van der Waals surface area contributed by atoms with Crippen LogP contribution < -0.4 is 11.3 Å². The molecule has 106 valence electrons. The molecule has 0 amide bonds. The van der Waals surface area contributed by atoms with Crippen LogP contribution in [0.2, 0.25) is 0 Å². The second-order valence-electron chi connectivity index (χ2n) is 5.46. The number of nitrogen functional groups attached to an aromatic ring is 1. The van der Waals surface area contributed by atoms with Gasteiger partial charge in [0.05, 0.1) is 0 Å². The Balaban J connectivity index is 2.44. The van der Waals surface area contributed by atoms with E-state index in [1.54, 1.807) is 7.11 Å². The van der Waals surface area contributed by atoms with E-state index in [1.807, 2.05) is 0 Å². The van der Waals surface area contributed by atoms with Crippen molar-refractivity contribution in [1.82, 2.24) is 9.97 Å². The van der Waals surface area contributed by atoms with Crippen molar-refractivity contribution in [3.8, 4) is 0 Å². The van der Waals surface area contributed by atoms with Gasteiger partial charge < -0.3 is 10.2 Å². The minimum atomic E-state index is -0.0827.